The van der Waals surface area contributed by atoms with Crippen LogP contribution in [0, 0.1) is 19.8 Å². The monoisotopic (exact) mass is 476 g/mol. The number of hydrogen-bond acceptors (Lipinski definition) is 4. The van der Waals surface area contributed by atoms with Crippen LogP contribution in [0.1, 0.15) is 65.4 Å². The highest BCUT2D eigenvalue weighted by Gasteiger charge is 2.33. The Morgan fingerprint density at radius 3 is 2.46 bits per heavy atom. The van der Waals surface area contributed by atoms with Gasteiger partial charge in [0.15, 0.2) is 0 Å². The van der Waals surface area contributed by atoms with Gasteiger partial charge in [0.2, 0.25) is 0 Å². The van der Waals surface area contributed by atoms with E-state index < -0.39 is 0 Å². The van der Waals surface area contributed by atoms with Crippen molar-refractivity contribution in [3.05, 3.63) is 77.0 Å². The quantitative estimate of drug-likeness (QED) is 0.425. The van der Waals surface area contributed by atoms with Gasteiger partial charge in [-0.15, -0.1) is 0 Å². The van der Waals surface area contributed by atoms with Crippen LogP contribution in [0.2, 0.25) is 0 Å². The molecular weight excluding hydrogens is 436 g/mol. The summed E-state index contributed by atoms with van der Waals surface area (Å²) in [6, 6.07) is 16.8. The molecule has 1 saturated heterocycles. The molecule has 6 nitrogen and oxygen atoms in total. The molecule has 2 atom stereocenters. The number of likely N-dealkylation sites (N-methyl/N-ethyl adjacent to an activating group) is 1. The van der Waals surface area contributed by atoms with Crippen LogP contribution in [0.3, 0.4) is 0 Å². The van der Waals surface area contributed by atoms with Gasteiger partial charge in [0.05, 0.1) is 5.69 Å². The maximum absolute atomic E-state index is 13.5. The van der Waals surface area contributed by atoms with Crippen LogP contribution in [0.25, 0.3) is 0 Å². The molecule has 2 aromatic heterocycles. The molecule has 0 saturated carbocycles. The molecule has 1 aliphatic heterocycles. The van der Waals surface area contributed by atoms with Gasteiger partial charge in [-0.1, -0.05) is 37.3 Å². The molecule has 6 heteroatoms. The molecule has 4 rings (SSSR count). The van der Waals surface area contributed by atoms with E-state index in [-0.39, 0.29) is 11.9 Å². The lowest BCUT2D eigenvalue weighted by atomic mass is 9.84. The minimum Gasteiger partial charge on any atom is -0.466 e. The first kappa shape index (κ1) is 25.2. The number of carbonyl (C=O) groups excluding carboxylic acids is 1. The van der Waals surface area contributed by atoms with Crippen LogP contribution < -0.4 is 0 Å². The first-order valence-electron chi connectivity index (χ1n) is 12.9. The highest BCUT2D eigenvalue weighted by atomic mass is 16.3. The van der Waals surface area contributed by atoms with E-state index in [1.807, 2.05) is 38.9 Å². The molecule has 0 N–H and O–H groups in total. The molecule has 0 radical (unpaired) electrons. The first-order valence-corrected chi connectivity index (χ1v) is 12.9. The molecule has 0 unspecified atom stereocenters. The molecule has 0 aliphatic carbocycles. The van der Waals surface area contributed by atoms with Gasteiger partial charge in [-0.25, -0.2) is 0 Å². The second-order valence-corrected chi connectivity index (χ2v) is 10.3. The average Bonchev–Trinajstić information content (AvgIpc) is 3.45. The number of piperidine rings is 1. The first-order chi connectivity index (χ1) is 16.8. The molecule has 1 fully saturated rings. The van der Waals surface area contributed by atoms with Crippen molar-refractivity contribution in [2.45, 2.75) is 58.4 Å². The standard InChI is InChI=1S/C29H40N4O2/c1-21(28-12-11-23(3)35-28)13-16-33-17-14-25(15-18-33)26(20-24-9-7-6-8-10-24)31(4)29(34)27-19-22(2)30-32(27)5/h6-12,19,21,25-26H,13-18,20H2,1-5H3/t21-,26+/m0/s1. The third-order valence-electron chi connectivity index (χ3n) is 7.63. The average molecular weight is 477 g/mol. The third-order valence-corrected chi connectivity index (χ3v) is 7.63. The number of carbonyl (C=O) groups is 1. The van der Waals surface area contributed by atoms with Crippen LogP contribution in [-0.4, -0.2) is 58.2 Å². The molecule has 1 aliphatic rings. The van der Waals surface area contributed by atoms with Gasteiger partial charge >= 0.3 is 0 Å². The fourth-order valence-electron chi connectivity index (χ4n) is 5.42. The van der Waals surface area contributed by atoms with E-state index in [1.165, 1.54) is 5.56 Å². The van der Waals surface area contributed by atoms with Crippen molar-refractivity contribution < 1.29 is 9.21 Å². The smallest absolute Gasteiger partial charge is 0.272 e. The Morgan fingerprint density at radius 1 is 1.14 bits per heavy atom. The largest absolute Gasteiger partial charge is 0.466 e. The topological polar surface area (TPSA) is 54.5 Å². The zero-order valence-corrected chi connectivity index (χ0v) is 21.9. The zero-order valence-electron chi connectivity index (χ0n) is 21.9. The van der Waals surface area contributed by atoms with Crippen molar-refractivity contribution in [1.82, 2.24) is 19.6 Å². The maximum atomic E-state index is 13.5. The van der Waals surface area contributed by atoms with Crippen LogP contribution in [0.4, 0.5) is 0 Å². The number of benzene rings is 1. The van der Waals surface area contributed by atoms with Gasteiger partial charge in [0.1, 0.15) is 17.2 Å². The summed E-state index contributed by atoms with van der Waals surface area (Å²) < 4.78 is 7.53. The van der Waals surface area contributed by atoms with Crippen molar-refractivity contribution in [2.75, 3.05) is 26.7 Å². The summed E-state index contributed by atoms with van der Waals surface area (Å²) in [7, 11) is 3.82. The lowest BCUT2D eigenvalue weighted by Crippen LogP contribution is -2.48. The molecule has 35 heavy (non-hydrogen) atoms. The minimum atomic E-state index is 0.0547. The summed E-state index contributed by atoms with van der Waals surface area (Å²) in [6.45, 7) is 9.42. The predicted molar refractivity (Wildman–Crippen MR) is 140 cm³/mol. The summed E-state index contributed by atoms with van der Waals surface area (Å²) in [6.07, 6.45) is 4.18. The highest BCUT2D eigenvalue weighted by molar-refractivity contribution is 5.92. The second kappa shape index (κ2) is 11.3. The normalized spacial score (nSPS) is 16.8. The summed E-state index contributed by atoms with van der Waals surface area (Å²) in [5.41, 5.74) is 2.81. The van der Waals surface area contributed by atoms with Crippen LogP contribution >= 0.6 is 0 Å². The van der Waals surface area contributed by atoms with Crippen LogP contribution in [0.5, 0.6) is 0 Å². The van der Waals surface area contributed by atoms with Gasteiger partial charge in [0, 0.05) is 26.1 Å². The molecular formula is C29H40N4O2. The molecule has 0 bridgehead atoms. The molecule has 0 spiro atoms. The molecule has 1 aromatic carbocycles. The van der Waals surface area contributed by atoms with Crippen molar-refractivity contribution in [2.24, 2.45) is 13.0 Å². The third kappa shape index (κ3) is 6.23. The summed E-state index contributed by atoms with van der Waals surface area (Å²) >= 11 is 0. The van der Waals surface area contributed by atoms with Crippen LogP contribution in [-0.2, 0) is 13.5 Å². The van der Waals surface area contributed by atoms with Crippen molar-refractivity contribution >= 4 is 5.91 Å². The van der Waals surface area contributed by atoms with E-state index in [0.29, 0.717) is 17.5 Å². The number of nitrogens with zero attached hydrogens (tertiary/aromatic N) is 4. The van der Waals surface area contributed by atoms with Crippen molar-refractivity contribution in [3.63, 3.8) is 0 Å². The van der Waals surface area contributed by atoms with Gasteiger partial charge in [-0.05, 0) is 88.8 Å². The lowest BCUT2D eigenvalue weighted by Gasteiger charge is -2.40. The van der Waals surface area contributed by atoms with E-state index in [0.717, 1.165) is 62.5 Å². The predicted octanol–water partition coefficient (Wildman–Crippen LogP) is 5.22. The number of likely N-dealkylation sites (tertiary alicyclic amines) is 1. The molecule has 3 heterocycles. The van der Waals surface area contributed by atoms with Gasteiger partial charge < -0.3 is 14.2 Å². The maximum Gasteiger partial charge on any atom is 0.272 e. The number of aryl methyl sites for hydroxylation is 3. The Hall–Kier alpha value is -2.86. The fraction of sp³-hybridized carbons (Fsp3) is 0.517. The number of aromatic nitrogens is 2. The second-order valence-electron chi connectivity index (χ2n) is 10.3. The highest BCUT2D eigenvalue weighted by Crippen LogP contribution is 2.29. The minimum absolute atomic E-state index is 0.0547. The number of hydrogen-bond donors (Lipinski definition) is 0. The Morgan fingerprint density at radius 2 is 1.86 bits per heavy atom. The Bertz CT molecular complexity index is 1100. The number of amides is 1. The Kier molecular flexibility index (Phi) is 8.11. The number of furan rings is 1. The molecule has 1 amide bonds. The van der Waals surface area contributed by atoms with Crippen LogP contribution in [0.15, 0.2) is 52.9 Å². The Labute approximate surface area is 209 Å². The Balaban J connectivity index is 1.40. The van der Waals surface area contributed by atoms with E-state index in [4.69, 9.17) is 4.42 Å². The van der Waals surface area contributed by atoms with Gasteiger partial charge in [-0.2, -0.15) is 5.10 Å². The van der Waals surface area contributed by atoms with Crippen molar-refractivity contribution in [3.8, 4) is 0 Å². The molecule has 188 valence electrons. The van der Waals surface area contributed by atoms with Gasteiger partial charge in [0.25, 0.3) is 5.91 Å². The van der Waals surface area contributed by atoms with E-state index in [1.54, 1.807) is 4.68 Å². The van der Waals surface area contributed by atoms with Gasteiger partial charge in [-0.3, -0.25) is 9.48 Å². The SMILES string of the molecule is Cc1cc(C(=O)N(C)[C@H](Cc2ccccc2)C2CCN(CC[C@H](C)c3ccc(C)o3)CC2)n(C)n1. The van der Waals surface area contributed by atoms with E-state index in [9.17, 15) is 4.79 Å². The zero-order chi connectivity index (χ0) is 24.9. The fourth-order valence-corrected chi connectivity index (χ4v) is 5.42. The molecule has 3 aromatic rings. The van der Waals surface area contributed by atoms with E-state index >= 15 is 0 Å². The van der Waals surface area contributed by atoms with E-state index in [2.05, 4.69) is 59.4 Å². The summed E-state index contributed by atoms with van der Waals surface area (Å²) in [5, 5.41) is 4.39. The lowest BCUT2D eigenvalue weighted by molar-refractivity contribution is 0.0578. The summed E-state index contributed by atoms with van der Waals surface area (Å²) in [4.78, 5) is 18.0. The summed E-state index contributed by atoms with van der Waals surface area (Å²) in [5.74, 6) is 3.03. The van der Waals surface area contributed by atoms with Crippen molar-refractivity contribution in [1.29, 1.82) is 0 Å². The number of rotatable bonds is 9.